The van der Waals surface area contributed by atoms with Gasteiger partial charge in [0.05, 0.1) is 5.54 Å². The standard InChI is InChI=1S/C16H25N3O/c1-12-5-6-14(13(2)11-12)18-15(20)16(3,4)19-9-7-17-8-10-19/h5-6,11,17H,7-10H2,1-4H3,(H,18,20). The molecule has 1 fully saturated rings. The van der Waals surface area contributed by atoms with Gasteiger partial charge in [0, 0.05) is 31.9 Å². The number of carbonyl (C=O) groups is 1. The molecule has 1 aromatic carbocycles. The summed E-state index contributed by atoms with van der Waals surface area (Å²) in [5.74, 6) is 0.0614. The van der Waals surface area contributed by atoms with E-state index in [4.69, 9.17) is 0 Å². The van der Waals surface area contributed by atoms with Crippen LogP contribution >= 0.6 is 0 Å². The zero-order chi connectivity index (χ0) is 14.8. The van der Waals surface area contributed by atoms with E-state index in [1.54, 1.807) is 0 Å². The highest BCUT2D eigenvalue weighted by molar-refractivity contribution is 5.98. The molecule has 1 aromatic rings. The lowest BCUT2D eigenvalue weighted by Crippen LogP contribution is -2.58. The SMILES string of the molecule is Cc1ccc(NC(=O)C(C)(C)N2CCNCC2)c(C)c1. The average molecular weight is 275 g/mol. The minimum atomic E-state index is -0.487. The molecule has 0 aromatic heterocycles. The average Bonchev–Trinajstić information content (AvgIpc) is 2.42. The monoisotopic (exact) mass is 275 g/mol. The van der Waals surface area contributed by atoms with Gasteiger partial charge in [-0.25, -0.2) is 0 Å². The molecular weight excluding hydrogens is 250 g/mol. The lowest BCUT2D eigenvalue weighted by molar-refractivity contribution is -0.126. The van der Waals surface area contributed by atoms with E-state index in [0.29, 0.717) is 0 Å². The Labute approximate surface area is 121 Å². The number of benzene rings is 1. The number of nitrogens with zero attached hydrogens (tertiary/aromatic N) is 1. The van der Waals surface area contributed by atoms with Crippen molar-refractivity contribution in [1.29, 1.82) is 0 Å². The highest BCUT2D eigenvalue weighted by Crippen LogP contribution is 2.21. The van der Waals surface area contributed by atoms with Crippen molar-refractivity contribution in [3.05, 3.63) is 29.3 Å². The molecule has 0 radical (unpaired) electrons. The largest absolute Gasteiger partial charge is 0.324 e. The normalized spacial score (nSPS) is 17.0. The van der Waals surface area contributed by atoms with Crippen molar-refractivity contribution in [2.45, 2.75) is 33.2 Å². The minimum Gasteiger partial charge on any atom is -0.324 e. The Hall–Kier alpha value is -1.39. The van der Waals surface area contributed by atoms with E-state index in [2.05, 4.69) is 28.5 Å². The van der Waals surface area contributed by atoms with E-state index in [1.165, 1.54) is 5.56 Å². The van der Waals surface area contributed by atoms with E-state index >= 15 is 0 Å². The Morgan fingerprint density at radius 1 is 1.25 bits per heavy atom. The minimum absolute atomic E-state index is 0.0614. The smallest absolute Gasteiger partial charge is 0.244 e. The highest BCUT2D eigenvalue weighted by Gasteiger charge is 2.35. The molecule has 2 rings (SSSR count). The molecular formula is C16H25N3O. The summed E-state index contributed by atoms with van der Waals surface area (Å²) in [5, 5.41) is 6.39. The zero-order valence-corrected chi connectivity index (χ0v) is 12.9. The number of nitrogens with one attached hydrogen (secondary N) is 2. The fraction of sp³-hybridized carbons (Fsp3) is 0.562. The first-order valence-electron chi connectivity index (χ1n) is 7.26. The number of hydrogen-bond acceptors (Lipinski definition) is 3. The first-order chi connectivity index (χ1) is 9.41. The van der Waals surface area contributed by atoms with Gasteiger partial charge < -0.3 is 10.6 Å². The molecule has 4 heteroatoms. The van der Waals surface area contributed by atoms with Gasteiger partial charge in [-0.2, -0.15) is 0 Å². The summed E-state index contributed by atoms with van der Waals surface area (Å²) in [4.78, 5) is 14.8. The van der Waals surface area contributed by atoms with Crippen molar-refractivity contribution in [2.24, 2.45) is 0 Å². The fourth-order valence-corrected chi connectivity index (χ4v) is 2.60. The molecule has 0 atom stereocenters. The van der Waals surface area contributed by atoms with Crippen molar-refractivity contribution in [2.75, 3.05) is 31.5 Å². The quantitative estimate of drug-likeness (QED) is 0.886. The topological polar surface area (TPSA) is 44.4 Å². The van der Waals surface area contributed by atoms with Gasteiger partial charge >= 0.3 is 0 Å². The van der Waals surface area contributed by atoms with E-state index in [0.717, 1.165) is 37.4 Å². The van der Waals surface area contributed by atoms with Crippen LogP contribution in [0.25, 0.3) is 0 Å². The highest BCUT2D eigenvalue weighted by atomic mass is 16.2. The predicted molar refractivity (Wildman–Crippen MR) is 83.1 cm³/mol. The van der Waals surface area contributed by atoms with Crippen LogP contribution in [-0.4, -0.2) is 42.5 Å². The van der Waals surface area contributed by atoms with E-state index in [-0.39, 0.29) is 5.91 Å². The zero-order valence-electron chi connectivity index (χ0n) is 12.9. The maximum atomic E-state index is 12.6. The van der Waals surface area contributed by atoms with E-state index in [1.807, 2.05) is 32.9 Å². The van der Waals surface area contributed by atoms with Crippen LogP contribution in [-0.2, 0) is 4.79 Å². The van der Waals surface area contributed by atoms with Crippen molar-refractivity contribution in [1.82, 2.24) is 10.2 Å². The van der Waals surface area contributed by atoms with Crippen LogP contribution in [0.1, 0.15) is 25.0 Å². The summed E-state index contributed by atoms with van der Waals surface area (Å²) in [6, 6.07) is 6.10. The second-order valence-corrected chi connectivity index (χ2v) is 6.07. The third-order valence-corrected chi connectivity index (χ3v) is 4.09. The van der Waals surface area contributed by atoms with Gasteiger partial charge in [-0.05, 0) is 39.3 Å². The van der Waals surface area contributed by atoms with Crippen LogP contribution in [0.3, 0.4) is 0 Å². The summed E-state index contributed by atoms with van der Waals surface area (Å²) >= 11 is 0. The van der Waals surface area contributed by atoms with Crippen molar-refractivity contribution in [3.8, 4) is 0 Å². The summed E-state index contributed by atoms with van der Waals surface area (Å²) in [6.07, 6.45) is 0. The Kier molecular flexibility index (Phi) is 4.45. The fourth-order valence-electron chi connectivity index (χ4n) is 2.60. The summed E-state index contributed by atoms with van der Waals surface area (Å²) in [5.41, 5.74) is 2.74. The van der Waals surface area contributed by atoms with Crippen molar-refractivity contribution >= 4 is 11.6 Å². The maximum absolute atomic E-state index is 12.6. The van der Waals surface area contributed by atoms with Gasteiger partial charge in [0.2, 0.25) is 5.91 Å². The van der Waals surface area contributed by atoms with Gasteiger partial charge in [-0.1, -0.05) is 17.7 Å². The van der Waals surface area contributed by atoms with E-state index in [9.17, 15) is 4.79 Å². The molecule has 0 unspecified atom stereocenters. The molecule has 4 nitrogen and oxygen atoms in total. The molecule has 110 valence electrons. The first kappa shape index (κ1) is 15.0. The number of anilines is 1. The number of piperazine rings is 1. The van der Waals surface area contributed by atoms with Gasteiger partial charge in [0.15, 0.2) is 0 Å². The Morgan fingerprint density at radius 2 is 1.90 bits per heavy atom. The van der Waals surface area contributed by atoms with Gasteiger partial charge in [-0.3, -0.25) is 9.69 Å². The van der Waals surface area contributed by atoms with Crippen LogP contribution in [0.4, 0.5) is 5.69 Å². The van der Waals surface area contributed by atoms with Crippen molar-refractivity contribution < 1.29 is 4.79 Å². The lowest BCUT2D eigenvalue weighted by Gasteiger charge is -2.39. The van der Waals surface area contributed by atoms with Crippen LogP contribution in [0.15, 0.2) is 18.2 Å². The number of carbonyl (C=O) groups excluding carboxylic acids is 1. The molecule has 1 amide bonds. The summed E-state index contributed by atoms with van der Waals surface area (Å²) in [7, 11) is 0. The van der Waals surface area contributed by atoms with Crippen LogP contribution < -0.4 is 10.6 Å². The number of hydrogen-bond donors (Lipinski definition) is 2. The lowest BCUT2D eigenvalue weighted by atomic mass is 10.00. The van der Waals surface area contributed by atoms with Crippen LogP contribution in [0.2, 0.25) is 0 Å². The van der Waals surface area contributed by atoms with Gasteiger partial charge in [-0.15, -0.1) is 0 Å². The molecule has 1 saturated heterocycles. The Morgan fingerprint density at radius 3 is 2.50 bits per heavy atom. The molecule has 1 aliphatic rings. The summed E-state index contributed by atoms with van der Waals surface area (Å²) in [6.45, 7) is 11.8. The third-order valence-electron chi connectivity index (χ3n) is 4.09. The van der Waals surface area contributed by atoms with E-state index < -0.39 is 5.54 Å². The number of amides is 1. The molecule has 0 spiro atoms. The van der Waals surface area contributed by atoms with Gasteiger partial charge in [0.1, 0.15) is 0 Å². The Bertz CT molecular complexity index is 490. The number of rotatable bonds is 3. The molecule has 0 bridgehead atoms. The molecule has 0 saturated carbocycles. The number of aryl methyl sites for hydroxylation is 2. The molecule has 1 heterocycles. The molecule has 0 aliphatic carbocycles. The Balaban J connectivity index is 2.09. The second kappa shape index (κ2) is 5.94. The van der Waals surface area contributed by atoms with Crippen LogP contribution in [0.5, 0.6) is 0 Å². The van der Waals surface area contributed by atoms with Crippen LogP contribution in [0, 0.1) is 13.8 Å². The summed E-state index contributed by atoms with van der Waals surface area (Å²) < 4.78 is 0. The molecule has 20 heavy (non-hydrogen) atoms. The second-order valence-electron chi connectivity index (χ2n) is 6.07. The third kappa shape index (κ3) is 3.19. The first-order valence-corrected chi connectivity index (χ1v) is 7.26. The predicted octanol–water partition coefficient (Wildman–Crippen LogP) is 1.93. The van der Waals surface area contributed by atoms with Gasteiger partial charge in [0.25, 0.3) is 0 Å². The molecule has 1 aliphatic heterocycles. The maximum Gasteiger partial charge on any atom is 0.244 e. The molecule has 2 N–H and O–H groups in total. The van der Waals surface area contributed by atoms with Crippen molar-refractivity contribution in [3.63, 3.8) is 0 Å².